The van der Waals surface area contributed by atoms with Crippen LogP contribution in [0.15, 0.2) is 4.99 Å². The van der Waals surface area contributed by atoms with E-state index in [4.69, 9.17) is 0 Å². The van der Waals surface area contributed by atoms with Crippen molar-refractivity contribution in [2.24, 2.45) is 4.99 Å². The van der Waals surface area contributed by atoms with Crippen LogP contribution in [-0.2, 0) is 0 Å². The Bertz CT molecular complexity index is 243. The van der Waals surface area contributed by atoms with Crippen molar-refractivity contribution in [2.45, 2.75) is 50.8 Å². The molecule has 2 atom stereocenters. The molecular formula is C12H24N2S2. The van der Waals surface area contributed by atoms with E-state index in [0.29, 0.717) is 0 Å². The monoisotopic (exact) mass is 260 g/mol. The first-order valence-electron chi connectivity index (χ1n) is 6.08. The van der Waals surface area contributed by atoms with Gasteiger partial charge in [-0.3, -0.25) is 4.99 Å². The van der Waals surface area contributed by atoms with E-state index < -0.39 is 0 Å². The molecule has 0 aromatic carbocycles. The Kier molecular flexibility index (Phi) is 6.05. The second-order valence-corrected chi connectivity index (χ2v) is 7.02. The van der Waals surface area contributed by atoms with Gasteiger partial charge in [0.05, 0.1) is 0 Å². The number of hydrogen-bond acceptors (Lipinski definition) is 3. The zero-order valence-corrected chi connectivity index (χ0v) is 12.5. The summed E-state index contributed by atoms with van der Waals surface area (Å²) in [5.74, 6) is 1.20. The molecule has 0 spiro atoms. The average Bonchev–Trinajstić information content (AvgIpc) is 2.29. The molecule has 0 amide bonds. The highest BCUT2D eigenvalue weighted by Gasteiger charge is 2.27. The van der Waals surface area contributed by atoms with E-state index in [-0.39, 0.29) is 5.54 Å². The van der Waals surface area contributed by atoms with Gasteiger partial charge in [-0.1, -0.05) is 25.6 Å². The Balaban J connectivity index is 2.38. The number of thioether (sulfide) groups is 2. The third-order valence-corrected chi connectivity index (χ3v) is 5.23. The maximum atomic E-state index is 4.67. The molecule has 1 rings (SSSR count). The predicted octanol–water partition coefficient (Wildman–Crippen LogP) is 3.38. The van der Waals surface area contributed by atoms with Gasteiger partial charge in [-0.2, -0.15) is 11.8 Å². The summed E-state index contributed by atoms with van der Waals surface area (Å²) < 4.78 is 0. The van der Waals surface area contributed by atoms with Gasteiger partial charge in [0.15, 0.2) is 5.17 Å². The maximum absolute atomic E-state index is 4.67. The van der Waals surface area contributed by atoms with Gasteiger partial charge < -0.3 is 5.32 Å². The molecule has 0 aliphatic carbocycles. The fourth-order valence-electron chi connectivity index (χ4n) is 1.55. The molecule has 0 aromatic rings. The van der Waals surface area contributed by atoms with Crippen LogP contribution in [0.25, 0.3) is 0 Å². The van der Waals surface area contributed by atoms with Gasteiger partial charge in [0, 0.05) is 23.1 Å². The van der Waals surface area contributed by atoms with Crippen molar-refractivity contribution in [1.29, 1.82) is 0 Å². The van der Waals surface area contributed by atoms with Gasteiger partial charge in [-0.25, -0.2) is 0 Å². The zero-order chi connectivity index (χ0) is 12.0. The quantitative estimate of drug-likeness (QED) is 0.820. The fraction of sp³-hybridized carbons (Fsp3) is 0.917. The molecule has 1 heterocycles. The fourth-order valence-corrected chi connectivity index (χ4v) is 3.13. The molecule has 4 heteroatoms. The minimum Gasteiger partial charge on any atom is -0.360 e. The molecule has 2 nitrogen and oxygen atoms in total. The molecule has 1 fully saturated rings. The molecule has 1 N–H and O–H groups in total. The van der Waals surface area contributed by atoms with E-state index in [1.165, 1.54) is 25.0 Å². The summed E-state index contributed by atoms with van der Waals surface area (Å²) in [5, 5.41) is 5.45. The number of nitrogens with zero attached hydrogens (tertiary/aromatic N) is 1. The maximum Gasteiger partial charge on any atom is 0.156 e. The second kappa shape index (κ2) is 6.80. The van der Waals surface area contributed by atoms with Crippen LogP contribution in [0, 0.1) is 0 Å². The van der Waals surface area contributed by atoms with Crippen LogP contribution in [0.5, 0.6) is 0 Å². The highest BCUT2D eigenvalue weighted by atomic mass is 32.2. The molecule has 2 unspecified atom stereocenters. The lowest BCUT2D eigenvalue weighted by atomic mass is 9.96. The first kappa shape index (κ1) is 14.2. The summed E-state index contributed by atoms with van der Waals surface area (Å²) in [7, 11) is 0. The highest BCUT2D eigenvalue weighted by molar-refractivity contribution is 8.13. The Morgan fingerprint density at radius 1 is 1.62 bits per heavy atom. The van der Waals surface area contributed by atoms with E-state index in [1.807, 2.05) is 23.5 Å². The Morgan fingerprint density at radius 2 is 2.38 bits per heavy atom. The first-order chi connectivity index (χ1) is 7.59. The van der Waals surface area contributed by atoms with E-state index in [1.54, 1.807) is 0 Å². The molecule has 94 valence electrons. The summed E-state index contributed by atoms with van der Waals surface area (Å²) in [6.45, 7) is 7.77. The van der Waals surface area contributed by atoms with Crippen LogP contribution in [0.3, 0.4) is 0 Å². The standard InChI is InChI=1S/C12H24N2S2/c1-5-12(3)7-9-16-11(14-12)13-8-6-10(2)15-4/h10H,5-9H2,1-4H3,(H,13,14). The summed E-state index contributed by atoms with van der Waals surface area (Å²) in [6.07, 6.45) is 5.76. The van der Waals surface area contributed by atoms with Gasteiger partial charge in [0.1, 0.15) is 0 Å². The number of hydrogen-bond donors (Lipinski definition) is 1. The Hall–Kier alpha value is 0.170. The third-order valence-electron chi connectivity index (χ3n) is 3.28. The van der Waals surface area contributed by atoms with Crippen molar-refractivity contribution in [1.82, 2.24) is 5.32 Å². The van der Waals surface area contributed by atoms with E-state index in [0.717, 1.165) is 17.0 Å². The van der Waals surface area contributed by atoms with Crippen LogP contribution in [0.2, 0.25) is 0 Å². The zero-order valence-electron chi connectivity index (χ0n) is 10.9. The smallest absolute Gasteiger partial charge is 0.156 e. The van der Waals surface area contributed by atoms with Gasteiger partial charge in [-0.05, 0) is 32.4 Å². The molecule has 0 radical (unpaired) electrons. The van der Waals surface area contributed by atoms with Crippen molar-refractivity contribution in [3.05, 3.63) is 0 Å². The lowest BCUT2D eigenvalue weighted by molar-refractivity contribution is 0.390. The van der Waals surface area contributed by atoms with Crippen LogP contribution in [-0.4, -0.2) is 34.5 Å². The SMILES string of the molecule is CCC1(C)CCSC(=NCCC(C)SC)N1. The van der Waals surface area contributed by atoms with Crippen molar-refractivity contribution in [2.75, 3.05) is 18.6 Å². The van der Waals surface area contributed by atoms with Gasteiger partial charge in [-0.15, -0.1) is 0 Å². The van der Waals surface area contributed by atoms with Crippen molar-refractivity contribution >= 4 is 28.7 Å². The minimum absolute atomic E-state index is 0.273. The van der Waals surface area contributed by atoms with Gasteiger partial charge in [0.25, 0.3) is 0 Å². The summed E-state index contributed by atoms with van der Waals surface area (Å²) in [5.41, 5.74) is 0.273. The van der Waals surface area contributed by atoms with Crippen LogP contribution >= 0.6 is 23.5 Å². The largest absolute Gasteiger partial charge is 0.360 e. The molecule has 1 aliphatic rings. The van der Waals surface area contributed by atoms with Crippen LogP contribution < -0.4 is 5.32 Å². The number of amidine groups is 1. The number of rotatable bonds is 5. The highest BCUT2D eigenvalue weighted by Crippen LogP contribution is 2.24. The molecule has 0 bridgehead atoms. The number of aliphatic imine (C=N–C) groups is 1. The molecule has 1 aliphatic heterocycles. The predicted molar refractivity (Wildman–Crippen MR) is 78.8 cm³/mol. The summed E-state index contributed by atoms with van der Waals surface area (Å²) >= 11 is 3.79. The van der Waals surface area contributed by atoms with Crippen LogP contribution in [0.4, 0.5) is 0 Å². The second-order valence-electron chi connectivity index (χ2n) is 4.66. The molecule has 1 saturated heterocycles. The van der Waals surface area contributed by atoms with E-state index in [2.05, 4.69) is 37.3 Å². The van der Waals surface area contributed by atoms with E-state index >= 15 is 0 Å². The lowest BCUT2D eigenvalue weighted by Crippen LogP contribution is -2.48. The van der Waals surface area contributed by atoms with Crippen LogP contribution in [0.1, 0.15) is 40.0 Å². The summed E-state index contributed by atoms with van der Waals surface area (Å²) in [4.78, 5) is 4.67. The lowest BCUT2D eigenvalue weighted by Gasteiger charge is -2.35. The molecular weight excluding hydrogens is 236 g/mol. The molecule has 16 heavy (non-hydrogen) atoms. The normalized spacial score (nSPS) is 30.1. The molecule has 0 aromatic heterocycles. The van der Waals surface area contributed by atoms with Gasteiger partial charge in [0.2, 0.25) is 0 Å². The first-order valence-corrected chi connectivity index (χ1v) is 8.35. The average molecular weight is 260 g/mol. The van der Waals surface area contributed by atoms with Crippen molar-refractivity contribution < 1.29 is 0 Å². The van der Waals surface area contributed by atoms with Gasteiger partial charge >= 0.3 is 0 Å². The minimum atomic E-state index is 0.273. The van der Waals surface area contributed by atoms with E-state index in [9.17, 15) is 0 Å². The Morgan fingerprint density at radius 3 is 3.00 bits per heavy atom. The Labute approximate surface area is 108 Å². The summed E-state index contributed by atoms with van der Waals surface area (Å²) in [6, 6.07) is 0. The number of nitrogens with one attached hydrogen (secondary N) is 1. The molecule has 0 saturated carbocycles. The topological polar surface area (TPSA) is 24.4 Å². The van der Waals surface area contributed by atoms with Crippen molar-refractivity contribution in [3.63, 3.8) is 0 Å². The third kappa shape index (κ3) is 4.58. The van der Waals surface area contributed by atoms with Crippen molar-refractivity contribution in [3.8, 4) is 0 Å².